The molecule has 1 atom stereocenters. The fourth-order valence-corrected chi connectivity index (χ4v) is 5.87. The zero-order valence-electron chi connectivity index (χ0n) is 23.7. The lowest BCUT2D eigenvalue weighted by molar-refractivity contribution is -0.139. The molecule has 0 aliphatic rings. The highest BCUT2D eigenvalue weighted by Gasteiger charge is 2.32. The third kappa shape index (κ3) is 8.46. The van der Waals surface area contributed by atoms with Gasteiger partial charge in [-0.2, -0.15) is 0 Å². The molecule has 0 aliphatic carbocycles. The molecule has 3 aromatic carbocycles. The van der Waals surface area contributed by atoms with Crippen LogP contribution in [0.25, 0.3) is 0 Å². The molecule has 0 aliphatic heterocycles. The monoisotopic (exact) mass is 601 g/mol. The van der Waals surface area contributed by atoms with Crippen molar-refractivity contribution in [2.24, 2.45) is 0 Å². The van der Waals surface area contributed by atoms with Crippen molar-refractivity contribution < 1.29 is 27.1 Å². The van der Waals surface area contributed by atoms with Gasteiger partial charge < -0.3 is 15.0 Å². The Morgan fingerprint density at radius 3 is 2.17 bits per heavy atom. The average molecular weight is 602 g/mol. The van der Waals surface area contributed by atoms with Gasteiger partial charge >= 0.3 is 0 Å². The first kappa shape index (κ1) is 32.0. The largest absolute Gasteiger partial charge is 0.494 e. The number of carbonyl (C=O) groups excluding carboxylic acids is 2. The van der Waals surface area contributed by atoms with Crippen molar-refractivity contribution >= 4 is 39.3 Å². The van der Waals surface area contributed by atoms with Crippen LogP contribution in [0.2, 0.25) is 0 Å². The van der Waals surface area contributed by atoms with Crippen LogP contribution in [0.4, 0.5) is 10.1 Å². The van der Waals surface area contributed by atoms with Crippen molar-refractivity contribution in [3.8, 4) is 5.75 Å². The standard InChI is InChI=1S/C30H36FN3O5S2/c1-5-19-32-30(36)22(3)33(20-23-7-9-24(31)10-8-23)29(35)21-34(25-11-13-26(14-12-25)39-6-2)41(37,38)28-17-15-27(40-4)16-18-28/h7-18,22H,5-6,19-21H2,1-4H3,(H,32,36)/t22-/m0/s1. The summed E-state index contributed by atoms with van der Waals surface area (Å²) >= 11 is 1.48. The zero-order valence-corrected chi connectivity index (χ0v) is 25.3. The third-order valence-corrected chi connectivity index (χ3v) is 8.88. The van der Waals surface area contributed by atoms with Gasteiger partial charge in [0, 0.05) is 18.0 Å². The van der Waals surface area contributed by atoms with Gasteiger partial charge in [-0.05, 0) is 92.8 Å². The van der Waals surface area contributed by atoms with E-state index < -0.39 is 34.3 Å². The molecule has 3 aromatic rings. The van der Waals surface area contributed by atoms with E-state index in [0.29, 0.717) is 30.9 Å². The second-order valence-corrected chi connectivity index (χ2v) is 12.0. The molecule has 0 saturated carbocycles. The molecule has 8 nitrogen and oxygen atoms in total. The van der Waals surface area contributed by atoms with E-state index in [4.69, 9.17) is 4.74 Å². The minimum Gasteiger partial charge on any atom is -0.494 e. The SMILES string of the molecule is CCCNC(=O)[C@H](C)N(Cc1ccc(F)cc1)C(=O)CN(c1ccc(OCC)cc1)S(=O)(=O)c1ccc(SC)cc1. The summed E-state index contributed by atoms with van der Waals surface area (Å²) in [4.78, 5) is 29.0. The molecule has 11 heteroatoms. The van der Waals surface area contributed by atoms with E-state index in [1.54, 1.807) is 43.3 Å². The quantitative estimate of drug-likeness (QED) is 0.259. The number of hydrogen-bond acceptors (Lipinski definition) is 6. The van der Waals surface area contributed by atoms with Gasteiger partial charge in [0.25, 0.3) is 10.0 Å². The molecule has 220 valence electrons. The summed E-state index contributed by atoms with van der Waals surface area (Å²) in [5, 5.41) is 2.79. The predicted molar refractivity (Wildman–Crippen MR) is 160 cm³/mol. The second-order valence-electron chi connectivity index (χ2n) is 9.23. The van der Waals surface area contributed by atoms with Crippen LogP contribution in [0.1, 0.15) is 32.8 Å². The van der Waals surface area contributed by atoms with Crippen molar-refractivity contribution in [2.45, 2.75) is 49.6 Å². The molecule has 0 heterocycles. The highest BCUT2D eigenvalue weighted by atomic mass is 32.2. The van der Waals surface area contributed by atoms with Gasteiger partial charge in [0.05, 0.1) is 17.2 Å². The van der Waals surface area contributed by atoms with Crippen LogP contribution >= 0.6 is 11.8 Å². The summed E-state index contributed by atoms with van der Waals surface area (Å²) in [5.74, 6) is -0.832. The number of halogens is 1. The molecule has 0 saturated heterocycles. The summed E-state index contributed by atoms with van der Waals surface area (Å²) < 4.78 is 48.0. The Hall–Kier alpha value is -3.57. The number of amides is 2. The molecular formula is C30H36FN3O5S2. The summed E-state index contributed by atoms with van der Waals surface area (Å²) in [6, 6.07) is 17.5. The van der Waals surface area contributed by atoms with Gasteiger partial charge in [0.15, 0.2) is 0 Å². The second kappa shape index (κ2) is 14.9. The molecule has 1 N–H and O–H groups in total. The molecule has 0 bridgehead atoms. The number of rotatable bonds is 14. The van der Waals surface area contributed by atoms with Gasteiger partial charge in [-0.3, -0.25) is 13.9 Å². The minimum atomic E-state index is -4.19. The normalized spacial score (nSPS) is 11.9. The van der Waals surface area contributed by atoms with Crippen molar-refractivity contribution in [2.75, 3.05) is 30.3 Å². The van der Waals surface area contributed by atoms with E-state index in [9.17, 15) is 22.4 Å². The van der Waals surface area contributed by atoms with Crippen LogP contribution in [-0.4, -0.2) is 57.1 Å². The Balaban J connectivity index is 2.02. The van der Waals surface area contributed by atoms with E-state index in [1.807, 2.05) is 20.1 Å². The smallest absolute Gasteiger partial charge is 0.264 e. The number of ether oxygens (including phenoxy) is 1. The molecule has 0 fully saturated rings. The Kier molecular flexibility index (Phi) is 11.6. The number of nitrogens with one attached hydrogen (secondary N) is 1. The molecule has 41 heavy (non-hydrogen) atoms. The highest BCUT2D eigenvalue weighted by Crippen LogP contribution is 2.28. The van der Waals surface area contributed by atoms with Crippen molar-refractivity contribution in [3.05, 3.63) is 84.2 Å². The van der Waals surface area contributed by atoms with Crippen LogP contribution in [0.5, 0.6) is 5.75 Å². The maximum atomic E-state index is 13.9. The fourth-order valence-electron chi connectivity index (χ4n) is 4.04. The van der Waals surface area contributed by atoms with Gasteiger partial charge in [0.1, 0.15) is 24.2 Å². The van der Waals surface area contributed by atoms with E-state index >= 15 is 0 Å². The molecule has 0 spiro atoms. The Morgan fingerprint density at radius 2 is 1.61 bits per heavy atom. The predicted octanol–water partition coefficient (Wildman–Crippen LogP) is 5.09. The molecule has 3 rings (SSSR count). The summed E-state index contributed by atoms with van der Waals surface area (Å²) in [7, 11) is -4.19. The number of thioether (sulfide) groups is 1. The number of anilines is 1. The van der Waals surface area contributed by atoms with Crippen molar-refractivity contribution in [1.82, 2.24) is 10.2 Å². The first-order valence-corrected chi connectivity index (χ1v) is 16.0. The Bertz CT molecular complexity index is 1400. The number of hydrogen-bond donors (Lipinski definition) is 1. The number of benzene rings is 3. The highest BCUT2D eigenvalue weighted by molar-refractivity contribution is 7.98. The van der Waals surface area contributed by atoms with E-state index in [1.165, 1.54) is 53.1 Å². The first-order chi connectivity index (χ1) is 19.6. The topological polar surface area (TPSA) is 96.0 Å². The van der Waals surface area contributed by atoms with Crippen LogP contribution < -0.4 is 14.4 Å². The molecular weight excluding hydrogens is 565 g/mol. The molecule has 2 amide bonds. The maximum absolute atomic E-state index is 13.9. The van der Waals surface area contributed by atoms with Gasteiger partial charge in [-0.1, -0.05) is 19.1 Å². The Labute approximate surface area is 245 Å². The molecule has 0 aromatic heterocycles. The van der Waals surface area contributed by atoms with Crippen LogP contribution in [0.3, 0.4) is 0 Å². The van der Waals surface area contributed by atoms with Crippen LogP contribution in [0, 0.1) is 5.82 Å². The fraction of sp³-hybridized carbons (Fsp3) is 0.333. The van der Waals surface area contributed by atoms with E-state index in [-0.39, 0.29) is 23.0 Å². The lowest BCUT2D eigenvalue weighted by Crippen LogP contribution is -2.51. The number of nitrogens with zero attached hydrogens (tertiary/aromatic N) is 2. The summed E-state index contributed by atoms with van der Waals surface area (Å²) in [6.45, 7) is 5.64. The van der Waals surface area contributed by atoms with E-state index in [2.05, 4.69) is 5.32 Å². The third-order valence-electron chi connectivity index (χ3n) is 6.34. The molecule has 0 unspecified atom stereocenters. The van der Waals surface area contributed by atoms with Gasteiger partial charge in [-0.25, -0.2) is 12.8 Å². The maximum Gasteiger partial charge on any atom is 0.264 e. The van der Waals surface area contributed by atoms with Crippen molar-refractivity contribution in [1.29, 1.82) is 0 Å². The number of carbonyl (C=O) groups is 2. The zero-order chi connectivity index (χ0) is 30.0. The van der Waals surface area contributed by atoms with Crippen molar-refractivity contribution in [3.63, 3.8) is 0 Å². The average Bonchev–Trinajstić information content (AvgIpc) is 2.98. The Morgan fingerprint density at radius 1 is 0.976 bits per heavy atom. The van der Waals surface area contributed by atoms with Crippen LogP contribution in [0.15, 0.2) is 82.6 Å². The minimum absolute atomic E-state index is 0.0145. The first-order valence-electron chi connectivity index (χ1n) is 13.3. The lowest BCUT2D eigenvalue weighted by atomic mass is 10.1. The van der Waals surface area contributed by atoms with Gasteiger partial charge in [0.2, 0.25) is 11.8 Å². The lowest BCUT2D eigenvalue weighted by Gasteiger charge is -2.32. The van der Waals surface area contributed by atoms with E-state index in [0.717, 1.165) is 9.20 Å². The molecule has 0 radical (unpaired) electrons. The summed E-state index contributed by atoms with van der Waals surface area (Å²) in [5.41, 5.74) is 0.860. The summed E-state index contributed by atoms with van der Waals surface area (Å²) in [6.07, 6.45) is 2.60. The van der Waals surface area contributed by atoms with Gasteiger partial charge in [-0.15, -0.1) is 11.8 Å². The number of sulfonamides is 1. The van der Waals surface area contributed by atoms with Crippen LogP contribution in [-0.2, 0) is 26.2 Å².